The summed E-state index contributed by atoms with van der Waals surface area (Å²) in [6.45, 7) is 4.16. The van der Waals surface area contributed by atoms with Crippen LogP contribution in [0.4, 0.5) is 0 Å². The summed E-state index contributed by atoms with van der Waals surface area (Å²) in [5.74, 6) is 0. The summed E-state index contributed by atoms with van der Waals surface area (Å²) in [5.41, 5.74) is 1.24. The largest absolute Gasteiger partial charge is 0.472 e. The number of rotatable bonds is 6. The van der Waals surface area contributed by atoms with Crippen molar-refractivity contribution in [3.8, 4) is 0 Å². The van der Waals surface area contributed by atoms with Crippen molar-refractivity contribution < 1.29 is 9.15 Å². The van der Waals surface area contributed by atoms with Crippen molar-refractivity contribution in [1.82, 2.24) is 5.32 Å². The molecule has 1 N–H and O–H groups in total. The zero-order valence-electron chi connectivity index (χ0n) is 10.7. The van der Waals surface area contributed by atoms with E-state index >= 15 is 0 Å². The Hall–Kier alpha value is -0.800. The van der Waals surface area contributed by atoms with E-state index in [4.69, 9.17) is 9.15 Å². The summed E-state index contributed by atoms with van der Waals surface area (Å²) >= 11 is 0. The lowest BCUT2D eigenvalue weighted by molar-refractivity contribution is 0.00502. The van der Waals surface area contributed by atoms with Gasteiger partial charge in [0.25, 0.3) is 0 Å². The third kappa shape index (κ3) is 3.86. The molecule has 2 heterocycles. The van der Waals surface area contributed by atoms with Crippen LogP contribution in [0.25, 0.3) is 0 Å². The van der Waals surface area contributed by atoms with Crippen molar-refractivity contribution in [2.75, 3.05) is 13.2 Å². The van der Waals surface area contributed by atoms with E-state index in [1.165, 1.54) is 24.8 Å². The Labute approximate surface area is 104 Å². The molecule has 2 rings (SSSR count). The minimum absolute atomic E-state index is 0.372. The van der Waals surface area contributed by atoms with Gasteiger partial charge >= 0.3 is 0 Å². The second kappa shape index (κ2) is 6.82. The van der Waals surface area contributed by atoms with Crippen molar-refractivity contribution in [2.24, 2.45) is 0 Å². The standard InChI is InChI=1S/C14H23NO2/c1-2-7-15-14(12-6-9-16-11-12)10-13-5-3-4-8-17-13/h6,9,11,13-15H,2-5,7-8,10H2,1H3. The van der Waals surface area contributed by atoms with E-state index in [1.807, 2.05) is 6.26 Å². The van der Waals surface area contributed by atoms with Gasteiger partial charge in [0.15, 0.2) is 0 Å². The van der Waals surface area contributed by atoms with Crippen LogP contribution in [-0.2, 0) is 4.74 Å². The minimum Gasteiger partial charge on any atom is -0.472 e. The quantitative estimate of drug-likeness (QED) is 0.824. The van der Waals surface area contributed by atoms with E-state index in [1.54, 1.807) is 6.26 Å². The van der Waals surface area contributed by atoms with Crippen LogP contribution in [0.1, 0.15) is 50.6 Å². The predicted octanol–water partition coefficient (Wildman–Crippen LogP) is 3.28. The van der Waals surface area contributed by atoms with Gasteiger partial charge in [-0.2, -0.15) is 0 Å². The average Bonchev–Trinajstić information content (AvgIpc) is 2.89. The van der Waals surface area contributed by atoms with Gasteiger partial charge in [-0.3, -0.25) is 0 Å². The van der Waals surface area contributed by atoms with Crippen molar-refractivity contribution in [2.45, 2.75) is 51.2 Å². The fourth-order valence-corrected chi connectivity index (χ4v) is 2.39. The molecule has 0 saturated carbocycles. The molecule has 1 saturated heterocycles. The summed E-state index contributed by atoms with van der Waals surface area (Å²) in [5, 5.41) is 3.58. The number of ether oxygens (including phenoxy) is 1. The Bertz CT molecular complexity index is 291. The predicted molar refractivity (Wildman–Crippen MR) is 68.0 cm³/mol. The lowest BCUT2D eigenvalue weighted by atomic mass is 9.98. The molecule has 17 heavy (non-hydrogen) atoms. The van der Waals surface area contributed by atoms with Crippen molar-refractivity contribution >= 4 is 0 Å². The molecule has 1 aromatic rings. The molecule has 2 atom stereocenters. The smallest absolute Gasteiger partial charge is 0.0950 e. The fraction of sp³-hybridized carbons (Fsp3) is 0.714. The summed E-state index contributed by atoms with van der Waals surface area (Å²) < 4.78 is 11.0. The second-order valence-corrected chi connectivity index (χ2v) is 4.79. The normalized spacial score (nSPS) is 22.5. The molecule has 0 aromatic carbocycles. The van der Waals surface area contributed by atoms with E-state index in [-0.39, 0.29) is 0 Å². The molecule has 3 nitrogen and oxygen atoms in total. The number of nitrogens with one attached hydrogen (secondary N) is 1. The molecule has 1 aliphatic rings. The van der Waals surface area contributed by atoms with Crippen LogP contribution in [-0.4, -0.2) is 19.3 Å². The third-order valence-electron chi connectivity index (χ3n) is 3.36. The molecule has 1 aliphatic heterocycles. The van der Waals surface area contributed by atoms with E-state index in [9.17, 15) is 0 Å². The van der Waals surface area contributed by atoms with Crippen molar-refractivity contribution in [3.05, 3.63) is 24.2 Å². The molecule has 1 fully saturated rings. The Balaban J connectivity index is 1.90. The van der Waals surface area contributed by atoms with Gasteiger partial charge in [0, 0.05) is 18.2 Å². The maximum Gasteiger partial charge on any atom is 0.0950 e. The van der Waals surface area contributed by atoms with Gasteiger partial charge in [0.1, 0.15) is 0 Å². The minimum atomic E-state index is 0.372. The Kier molecular flexibility index (Phi) is 5.08. The summed E-state index contributed by atoms with van der Waals surface area (Å²) in [7, 11) is 0. The molecule has 96 valence electrons. The highest BCUT2D eigenvalue weighted by molar-refractivity contribution is 5.11. The molecule has 3 heteroatoms. The van der Waals surface area contributed by atoms with Gasteiger partial charge in [-0.15, -0.1) is 0 Å². The van der Waals surface area contributed by atoms with E-state index in [2.05, 4.69) is 18.3 Å². The Morgan fingerprint density at radius 2 is 2.41 bits per heavy atom. The molecule has 1 aromatic heterocycles. The van der Waals surface area contributed by atoms with Crippen LogP contribution < -0.4 is 5.32 Å². The van der Waals surface area contributed by atoms with Crippen LogP contribution in [0.5, 0.6) is 0 Å². The summed E-state index contributed by atoms with van der Waals surface area (Å²) in [6.07, 6.45) is 9.93. The monoisotopic (exact) mass is 237 g/mol. The average molecular weight is 237 g/mol. The zero-order chi connectivity index (χ0) is 11.9. The third-order valence-corrected chi connectivity index (χ3v) is 3.36. The SMILES string of the molecule is CCCNC(CC1CCCCO1)c1ccoc1. The molecule has 0 bridgehead atoms. The van der Waals surface area contributed by atoms with Gasteiger partial charge in [-0.05, 0) is 44.7 Å². The zero-order valence-corrected chi connectivity index (χ0v) is 10.7. The lowest BCUT2D eigenvalue weighted by Crippen LogP contribution is -2.29. The first-order valence-electron chi connectivity index (χ1n) is 6.77. The molecule has 0 radical (unpaired) electrons. The van der Waals surface area contributed by atoms with Gasteiger partial charge in [-0.25, -0.2) is 0 Å². The van der Waals surface area contributed by atoms with Crippen LogP contribution >= 0.6 is 0 Å². The molecule has 0 amide bonds. The van der Waals surface area contributed by atoms with Gasteiger partial charge in [0.2, 0.25) is 0 Å². The van der Waals surface area contributed by atoms with Crippen LogP contribution in [0.3, 0.4) is 0 Å². The second-order valence-electron chi connectivity index (χ2n) is 4.79. The van der Waals surface area contributed by atoms with Gasteiger partial charge < -0.3 is 14.5 Å². The Morgan fingerprint density at radius 1 is 1.47 bits per heavy atom. The molecular weight excluding hydrogens is 214 g/mol. The highest BCUT2D eigenvalue weighted by atomic mass is 16.5. The summed E-state index contributed by atoms with van der Waals surface area (Å²) in [4.78, 5) is 0. The first-order valence-corrected chi connectivity index (χ1v) is 6.77. The lowest BCUT2D eigenvalue weighted by Gasteiger charge is -2.27. The number of furan rings is 1. The maximum absolute atomic E-state index is 5.82. The van der Waals surface area contributed by atoms with Crippen molar-refractivity contribution in [3.63, 3.8) is 0 Å². The highest BCUT2D eigenvalue weighted by Crippen LogP contribution is 2.25. The van der Waals surface area contributed by atoms with Crippen LogP contribution in [0.2, 0.25) is 0 Å². The molecule has 0 spiro atoms. The molecule has 2 unspecified atom stereocenters. The number of hydrogen-bond donors (Lipinski definition) is 1. The Morgan fingerprint density at radius 3 is 3.06 bits per heavy atom. The topological polar surface area (TPSA) is 34.4 Å². The first kappa shape index (κ1) is 12.7. The van der Waals surface area contributed by atoms with Gasteiger partial charge in [-0.1, -0.05) is 6.92 Å². The number of hydrogen-bond acceptors (Lipinski definition) is 3. The van der Waals surface area contributed by atoms with Crippen LogP contribution in [0.15, 0.2) is 23.0 Å². The van der Waals surface area contributed by atoms with Gasteiger partial charge in [0.05, 0.1) is 18.6 Å². The van der Waals surface area contributed by atoms with Crippen molar-refractivity contribution in [1.29, 1.82) is 0 Å². The van der Waals surface area contributed by atoms with E-state index in [0.29, 0.717) is 12.1 Å². The van der Waals surface area contributed by atoms with Crippen LogP contribution in [0, 0.1) is 0 Å². The van der Waals surface area contributed by atoms with E-state index < -0.39 is 0 Å². The van der Waals surface area contributed by atoms with E-state index in [0.717, 1.165) is 26.0 Å². The molecular formula is C14H23NO2. The summed E-state index contributed by atoms with van der Waals surface area (Å²) in [6, 6.07) is 2.42. The fourth-order valence-electron chi connectivity index (χ4n) is 2.39. The maximum atomic E-state index is 5.82. The highest BCUT2D eigenvalue weighted by Gasteiger charge is 2.20. The first-order chi connectivity index (χ1) is 8.40. The molecule has 0 aliphatic carbocycles.